The van der Waals surface area contributed by atoms with Gasteiger partial charge in [0, 0.05) is 47.6 Å². The average molecular weight is 412 g/mol. The predicted octanol–water partition coefficient (Wildman–Crippen LogP) is 5.70. The molecular weight excluding hydrogens is 389 g/mol. The number of carbonyl (C=O) groups excluding carboxylic acids is 1. The highest BCUT2D eigenvalue weighted by atomic mass is 19.1. The van der Waals surface area contributed by atoms with Crippen LogP contribution in [0.3, 0.4) is 0 Å². The molecule has 0 unspecified atom stereocenters. The first-order chi connectivity index (χ1) is 14.5. The maximum Gasteiger partial charge on any atom is 0.165 e. The zero-order chi connectivity index (χ0) is 20.8. The Balaban J connectivity index is 1.24. The average Bonchev–Trinajstić information content (AvgIpc) is 3.20. The highest BCUT2D eigenvalue weighted by molar-refractivity contribution is 5.96. The minimum Gasteiger partial charge on any atom is -0.358 e. The van der Waals surface area contributed by atoms with Gasteiger partial charge in [0.25, 0.3) is 0 Å². The zero-order valence-corrected chi connectivity index (χ0v) is 16.6. The maximum atomic E-state index is 13.8. The summed E-state index contributed by atoms with van der Waals surface area (Å²) in [5, 5.41) is 0.974. The number of aromatic amines is 1. The molecule has 1 aromatic heterocycles. The molecule has 3 heterocycles. The summed E-state index contributed by atoms with van der Waals surface area (Å²) in [6.07, 6.45) is 4.83. The van der Waals surface area contributed by atoms with Crippen LogP contribution in [0.15, 0.2) is 36.4 Å². The Labute approximate surface area is 172 Å². The number of halogens is 3. The molecule has 3 nitrogen and oxygen atoms in total. The molecule has 0 saturated carbocycles. The van der Waals surface area contributed by atoms with Gasteiger partial charge in [-0.1, -0.05) is 0 Å². The standard InChI is InChI=1S/C24H23F3N2O/c25-14-5-8-20-18(11-14)24-21(28-20)13-16-6-9-22(24)29(16)10-2-1-3-23(30)17-7-4-15(26)12-19(17)27/h4-5,7-8,11-12,16,22,28H,1-3,6,9-10,13H2/t16-,22+/m0/s1. The summed E-state index contributed by atoms with van der Waals surface area (Å²) in [5.74, 6) is -1.99. The third-order valence-electron chi connectivity index (χ3n) is 6.60. The van der Waals surface area contributed by atoms with Gasteiger partial charge < -0.3 is 4.98 Å². The largest absolute Gasteiger partial charge is 0.358 e. The summed E-state index contributed by atoms with van der Waals surface area (Å²) >= 11 is 0. The molecule has 5 rings (SSSR count). The summed E-state index contributed by atoms with van der Waals surface area (Å²) < 4.78 is 40.6. The Morgan fingerprint density at radius 1 is 1.03 bits per heavy atom. The molecule has 3 aromatic rings. The van der Waals surface area contributed by atoms with Gasteiger partial charge in [0.1, 0.15) is 17.5 Å². The van der Waals surface area contributed by atoms with Crippen molar-refractivity contribution in [3.8, 4) is 0 Å². The Morgan fingerprint density at radius 2 is 1.83 bits per heavy atom. The molecule has 1 N–H and O–H groups in total. The number of fused-ring (bicyclic) bond motifs is 6. The Bertz CT molecular complexity index is 1120. The van der Waals surface area contributed by atoms with Crippen LogP contribution in [0.2, 0.25) is 0 Å². The van der Waals surface area contributed by atoms with Gasteiger partial charge >= 0.3 is 0 Å². The molecular formula is C24H23F3N2O. The van der Waals surface area contributed by atoms with Crippen molar-refractivity contribution < 1.29 is 18.0 Å². The lowest BCUT2D eigenvalue weighted by Gasteiger charge is -2.35. The fourth-order valence-electron chi connectivity index (χ4n) is 5.25. The van der Waals surface area contributed by atoms with Crippen molar-refractivity contribution >= 4 is 16.7 Å². The van der Waals surface area contributed by atoms with Crippen LogP contribution in [-0.4, -0.2) is 28.3 Å². The van der Waals surface area contributed by atoms with Crippen LogP contribution in [-0.2, 0) is 6.42 Å². The van der Waals surface area contributed by atoms with E-state index in [4.69, 9.17) is 0 Å². The Morgan fingerprint density at radius 3 is 2.67 bits per heavy atom. The monoisotopic (exact) mass is 412 g/mol. The van der Waals surface area contributed by atoms with Crippen LogP contribution >= 0.6 is 0 Å². The number of hydrogen-bond acceptors (Lipinski definition) is 2. The molecule has 2 aliphatic heterocycles. The number of Topliss-reactive ketones (excluding diaryl/α,β-unsaturated/α-hetero) is 1. The Hall–Kier alpha value is -2.60. The van der Waals surface area contributed by atoms with Gasteiger partial charge in [-0.3, -0.25) is 9.69 Å². The summed E-state index contributed by atoms with van der Waals surface area (Å²) in [6, 6.07) is 8.74. The molecule has 0 amide bonds. The number of aromatic nitrogens is 1. The molecule has 2 aromatic carbocycles. The minimum atomic E-state index is -0.798. The number of H-pyrrole nitrogens is 1. The second-order valence-corrected chi connectivity index (χ2v) is 8.40. The van der Waals surface area contributed by atoms with Crippen LogP contribution in [0.5, 0.6) is 0 Å². The fourth-order valence-corrected chi connectivity index (χ4v) is 5.25. The molecule has 0 aliphatic carbocycles. The van der Waals surface area contributed by atoms with Crippen molar-refractivity contribution in [2.75, 3.05) is 6.54 Å². The first-order valence-electron chi connectivity index (χ1n) is 10.6. The van der Waals surface area contributed by atoms with E-state index >= 15 is 0 Å². The van der Waals surface area contributed by atoms with E-state index in [0.29, 0.717) is 12.5 Å². The first-order valence-corrected chi connectivity index (χ1v) is 10.6. The van der Waals surface area contributed by atoms with Crippen molar-refractivity contribution in [2.45, 2.75) is 50.6 Å². The number of ketones is 1. The molecule has 2 atom stereocenters. The maximum absolute atomic E-state index is 13.8. The van der Waals surface area contributed by atoms with Gasteiger partial charge in [-0.05, 0) is 68.1 Å². The van der Waals surface area contributed by atoms with E-state index in [1.54, 1.807) is 12.1 Å². The lowest BCUT2D eigenvalue weighted by Crippen LogP contribution is -2.38. The number of unbranched alkanes of at least 4 members (excludes halogenated alkanes) is 1. The SMILES string of the molecule is O=C(CCCCN1[C@H]2CC[C@@H]1c1c([nH]c3ccc(F)cc13)C2)c1ccc(F)cc1F. The topological polar surface area (TPSA) is 36.1 Å². The molecule has 0 spiro atoms. The van der Waals surface area contributed by atoms with E-state index in [1.165, 1.54) is 23.4 Å². The van der Waals surface area contributed by atoms with Crippen LogP contribution in [0.25, 0.3) is 10.9 Å². The van der Waals surface area contributed by atoms with Gasteiger partial charge in [-0.2, -0.15) is 0 Å². The Kier molecular flexibility index (Phi) is 4.89. The van der Waals surface area contributed by atoms with Crippen molar-refractivity contribution in [1.29, 1.82) is 0 Å². The molecule has 2 aliphatic rings. The molecule has 0 radical (unpaired) electrons. The smallest absolute Gasteiger partial charge is 0.165 e. The molecule has 2 bridgehead atoms. The highest BCUT2D eigenvalue weighted by Crippen LogP contribution is 2.46. The van der Waals surface area contributed by atoms with Crippen LogP contribution in [0.4, 0.5) is 13.2 Å². The number of nitrogens with zero attached hydrogens (tertiary/aromatic N) is 1. The first kappa shape index (κ1) is 19.4. The number of carbonyl (C=O) groups is 1. The fraction of sp³-hybridized carbons (Fsp3) is 0.375. The third-order valence-corrected chi connectivity index (χ3v) is 6.60. The van der Waals surface area contributed by atoms with E-state index < -0.39 is 11.6 Å². The van der Waals surface area contributed by atoms with E-state index in [-0.39, 0.29) is 29.6 Å². The van der Waals surface area contributed by atoms with Crippen LogP contribution < -0.4 is 0 Å². The minimum absolute atomic E-state index is 0.0418. The second-order valence-electron chi connectivity index (χ2n) is 8.40. The van der Waals surface area contributed by atoms with Gasteiger partial charge in [0.15, 0.2) is 5.78 Å². The van der Waals surface area contributed by atoms with E-state index in [2.05, 4.69) is 9.88 Å². The van der Waals surface area contributed by atoms with Crippen molar-refractivity contribution in [1.82, 2.24) is 9.88 Å². The van der Waals surface area contributed by atoms with Gasteiger partial charge in [-0.25, -0.2) is 13.2 Å². The molecule has 1 fully saturated rings. The van der Waals surface area contributed by atoms with Crippen molar-refractivity contribution in [3.63, 3.8) is 0 Å². The van der Waals surface area contributed by atoms with Crippen LogP contribution in [0.1, 0.15) is 59.8 Å². The highest BCUT2D eigenvalue weighted by Gasteiger charge is 2.41. The van der Waals surface area contributed by atoms with Crippen LogP contribution in [0, 0.1) is 17.5 Å². The predicted molar refractivity (Wildman–Crippen MR) is 109 cm³/mol. The third kappa shape index (κ3) is 3.33. The number of nitrogens with one attached hydrogen (secondary N) is 1. The molecule has 30 heavy (non-hydrogen) atoms. The van der Waals surface area contributed by atoms with E-state index in [1.807, 2.05) is 0 Å². The normalized spacial score (nSPS) is 20.6. The number of benzene rings is 2. The summed E-state index contributed by atoms with van der Waals surface area (Å²) in [7, 11) is 0. The summed E-state index contributed by atoms with van der Waals surface area (Å²) in [6.45, 7) is 0.857. The number of rotatable bonds is 6. The van der Waals surface area contributed by atoms with E-state index in [9.17, 15) is 18.0 Å². The van der Waals surface area contributed by atoms with Gasteiger partial charge in [0.2, 0.25) is 0 Å². The molecule has 6 heteroatoms. The second kappa shape index (κ2) is 7.58. The zero-order valence-electron chi connectivity index (χ0n) is 16.6. The molecule has 156 valence electrons. The van der Waals surface area contributed by atoms with Gasteiger partial charge in [0.05, 0.1) is 5.56 Å². The quantitative estimate of drug-likeness (QED) is 0.416. The number of hydrogen-bond donors (Lipinski definition) is 1. The van der Waals surface area contributed by atoms with Crippen molar-refractivity contribution in [3.05, 3.63) is 70.7 Å². The lowest BCUT2D eigenvalue weighted by atomic mass is 9.96. The van der Waals surface area contributed by atoms with Crippen molar-refractivity contribution in [2.24, 2.45) is 0 Å². The van der Waals surface area contributed by atoms with Gasteiger partial charge in [-0.15, -0.1) is 0 Å². The summed E-state index contributed by atoms with van der Waals surface area (Å²) in [4.78, 5) is 18.2. The molecule has 1 saturated heterocycles. The summed E-state index contributed by atoms with van der Waals surface area (Å²) in [5.41, 5.74) is 3.39. The van der Waals surface area contributed by atoms with E-state index in [0.717, 1.165) is 55.3 Å². The lowest BCUT2D eigenvalue weighted by molar-refractivity contribution is 0.0971.